The Kier molecular flexibility index (Phi) is 12.0. The van der Waals surface area contributed by atoms with Crippen molar-refractivity contribution in [3.63, 3.8) is 0 Å². The fourth-order valence-electron chi connectivity index (χ4n) is 9.21. The first-order valence-electron chi connectivity index (χ1n) is 20.7. The van der Waals surface area contributed by atoms with E-state index in [1.807, 2.05) is 11.7 Å². The molecule has 1 unspecified atom stereocenters. The molecule has 3 aliphatic heterocycles. The smallest absolute Gasteiger partial charge is 0.387 e. The molecular formula is C43H48F2N10O5S. The van der Waals surface area contributed by atoms with Crippen molar-refractivity contribution in [2.45, 2.75) is 94.2 Å². The molecule has 18 heteroatoms. The molecule has 61 heavy (non-hydrogen) atoms. The first kappa shape index (κ1) is 42.0. The van der Waals surface area contributed by atoms with Gasteiger partial charge in [-0.3, -0.25) is 24.6 Å². The lowest BCUT2D eigenvalue weighted by molar-refractivity contribution is -0.120. The minimum absolute atomic E-state index is 0.0820. The maximum absolute atomic E-state index is 13.7. The third kappa shape index (κ3) is 9.03. The molecule has 0 radical (unpaired) electrons. The van der Waals surface area contributed by atoms with Crippen molar-refractivity contribution in [1.29, 1.82) is 5.26 Å². The molecule has 1 aliphatic carbocycles. The summed E-state index contributed by atoms with van der Waals surface area (Å²) >= 11 is 0. The molecule has 320 valence electrons. The lowest BCUT2D eigenvalue weighted by Crippen LogP contribution is -2.49. The standard InChI is InChI=1S/C43H48F2N10O5S/c1-28(3-4-30-23-35(7-5-32(30)25-46)61(58,59)54-18-11-33(12-19-54)49-41-47-26-34(27-48-41)60-40(44)45)53-21-16-43(17-22-53)14-9-29(10-15-43)31-6-8-36-37(24-31)52(2)51-39(36)55-20-13-38(56)50-42(55)57/h5-8,23-24,26-29,33,40H,9-22H2,1-2H3,(H,47,48,49)(H,50,56,57). The van der Waals surface area contributed by atoms with E-state index in [0.717, 1.165) is 74.9 Å². The van der Waals surface area contributed by atoms with Crippen molar-refractivity contribution in [1.82, 2.24) is 34.3 Å². The quantitative estimate of drug-likeness (QED) is 0.197. The number of nitrogens with zero attached hydrogens (tertiary/aromatic N) is 8. The molecule has 8 rings (SSSR count). The molecular weight excluding hydrogens is 807 g/mol. The predicted molar refractivity (Wildman–Crippen MR) is 222 cm³/mol. The Balaban J connectivity index is 0.844. The number of urea groups is 1. The Morgan fingerprint density at radius 3 is 2.34 bits per heavy atom. The van der Waals surface area contributed by atoms with Gasteiger partial charge in [0, 0.05) is 50.1 Å². The summed E-state index contributed by atoms with van der Waals surface area (Å²) < 4.78 is 59.9. The Morgan fingerprint density at radius 1 is 0.951 bits per heavy atom. The van der Waals surface area contributed by atoms with E-state index in [1.54, 1.807) is 0 Å². The number of piperidine rings is 2. The Labute approximate surface area is 353 Å². The molecule has 1 atom stereocenters. The molecule has 15 nitrogen and oxygen atoms in total. The number of nitrogens with one attached hydrogen (secondary N) is 2. The van der Waals surface area contributed by atoms with E-state index in [1.165, 1.54) is 33.0 Å². The van der Waals surface area contributed by atoms with Crippen LogP contribution in [0.2, 0.25) is 0 Å². The first-order valence-corrected chi connectivity index (χ1v) is 22.2. The summed E-state index contributed by atoms with van der Waals surface area (Å²) in [6, 6.07) is 12.4. The van der Waals surface area contributed by atoms with Crippen LogP contribution < -0.4 is 20.3 Å². The van der Waals surface area contributed by atoms with Crippen molar-refractivity contribution >= 4 is 44.6 Å². The summed E-state index contributed by atoms with van der Waals surface area (Å²) in [5.74, 6) is 7.28. The summed E-state index contributed by atoms with van der Waals surface area (Å²) in [5.41, 5.74) is 3.23. The molecule has 4 aromatic rings. The van der Waals surface area contributed by atoms with E-state index in [9.17, 15) is 32.0 Å². The zero-order valence-corrected chi connectivity index (χ0v) is 34.9. The minimum atomic E-state index is -3.87. The van der Waals surface area contributed by atoms with Gasteiger partial charge in [0.1, 0.15) is 6.07 Å². The number of sulfonamides is 1. The number of amides is 3. The Morgan fingerprint density at radius 2 is 1.67 bits per heavy atom. The highest BCUT2D eigenvalue weighted by atomic mass is 32.2. The topological polar surface area (TPSA) is 179 Å². The van der Waals surface area contributed by atoms with Crippen molar-refractivity contribution in [3.05, 3.63) is 65.5 Å². The molecule has 3 saturated heterocycles. The molecule has 4 aliphatic rings. The number of ether oxygens (including phenoxy) is 1. The number of carbonyl (C=O) groups excluding carboxylic acids is 2. The summed E-state index contributed by atoms with van der Waals surface area (Å²) in [7, 11) is -1.98. The number of hydrogen-bond acceptors (Lipinski definition) is 11. The van der Waals surface area contributed by atoms with E-state index in [2.05, 4.69) is 78.4 Å². The molecule has 5 heterocycles. The number of hydrogen-bond donors (Lipinski definition) is 2. The van der Waals surface area contributed by atoms with Gasteiger partial charge in [-0.15, -0.1) is 0 Å². The highest BCUT2D eigenvalue weighted by molar-refractivity contribution is 7.89. The number of imide groups is 1. The maximum atomic E-state index is 13.7. The van der Waals surface area contributed by atoms with Crippen molar-refractivity contribution in [2.75, 3.05) is 42.9 Å². The first-order chi connectivity index (χ1) is 29.3. The zero-order chi connectivity index (χ0) is 42.9. The van der Waals surface area contributed by atoms with Crippen LogP contribution in [0.5, 0.6) is 5.75 Å². The second-order valence-corrected chi connectivity index (χ2v) is 18.4. The molecule has 3 amide bonds. The van der Waals surface area contributed by atoms with Gasteiger partial charge in [-0.05, 0) is 119 Å². The van der Waals surface area contributed by atoms with Gasteiger partial charge in [-0.25, -0.2) is 23.2 Å². The average Bonchev–Trinajstić information content (AvgIpc) is 3.58. The van der Waals surface area contributed by atoms with E-state index in [0.29, 0.717) is 42.2 Å². The third-order valence-corrected chi connectivity index (χ3v) is 14.8. The average molecular weight is 855 g/mol. The fourth-order valence-corrected chi connectivity index (χ4v) is 10.7. The Hall–Kier alpha value is -5.69. The number of nitriles is 1. The van der Waals surface area contributed by atoms with Gasteiger partial charge in [0.25, 0.3) is 0 Å². The zero-order valence-electron chi connectivity index (χ0n) is 34.1. The number of aryl methyl sites for hydroxylation is 1. The lowest BCUT2D eigenvalue weighted by atomic mass is 9.64. The van der Waals surface area contributed by atoms with Crippen molar-refractivity contribution < 1.29 is 31.5 Å². The van der Waals surface area contributed by atoms with Crippen LogP contribution in [-0.2, 0) is 21.9 Å². The van der Waals surface area contributed by atoms with Crippen LogP contribution in [0.25, 0.3) is 10.9 Å². The van der Waals surface area contributed by atoms with Gasteiger partial charge < -0.3 is 10.1 Å². The van der Waals surface area contributed by atoms with Crippen LogP contribution in [0.4, 0.5) is 25.3 Å². The number of alkyl halides is 2. The van der Waals surface area contributed by atoms with Crippen LogP contribution in [0.15, 0.2) is 53.7 Å². The molecule has 2 aromatic carbocycles. The number of benzene rings is 2. The molecule has 1 spiro atoms. The van der Waals surface area contributed by atoms with Gasteiger partial charge >= 0.3 is 12.6 Å². The van der Waals surface area contributed by atoms with Crippen LogP contribution in [0.1, 0.15) is 87.3 Å². The Bertz CT molecular complexity index is 2510. The normalized spacial score (nSPS) is 20.0. The number of rotatable bonds is 9. The number of likely N-dealkylation sites (tertiary alicyclic amines) is 1. The van der Waals surface area contributed by atoms with E-state index in [-0.39, 0.29) is 59.5 Å². The maximum Gasteiger partial charge on any atom is 0.387 e. The predicted octanol–water partition coefficient (Wildman–Crippen LogP) is 5.73. The molecule has 4 fully saturated rings. The van der Waals surface area contributed by atoms with Crippen LogP contribution in [0.3, 0.4) is 0 Å². The van der Waals surface area contributed by atoms with Gasteiger partial charge in [0.2, 0.25) is 21.9 Å². The van der Waals surface area contributed by atoms with Crippen molar-refractivity contribution in [3.8, 4) is 23.7 Å². The minimum Gasteiger partial charge on any atom is -0.432 e. The largest absolute Gasteiger partial charge is 0.432 e. The van der Waals surface area contributed by atoms with Gasteiger partial charge in [-0.1, -0.05) is 17.9 Å². The summed E-state index contributed by atoms with van der Waals surface area (Å²) in [5, 5.41) is 20.9. The summed E-state index contributed by atoms with van der Waals surface area (Å²) in [6.45, 7) is 1.70. The third-order valence-electron chi connectivity index (χ3n) is 12.9. The van der Waals surface area contributed by atoms with Crippen LogP contribution >= 0.6 is 0 Å². The molecule has 2 aromatic heterocycles. The molecule has 2 N–H and O–H groups in total. The lowest BCUT2D eigenvalue weighted by Gasteiger charge is -2.47. The fraction of sp³-hybridized carbons (Fsp3) is 0.488. The van der Waals surface area contributed by atoms with E-state index < -0.39 is 22.7 Å². The van der Waals surface area contributed by atoms with Gasteiger partial charge in [0.05, 0.1) is 34.4 Å². The second-order valence-electron chi connectivity index (χ2n) is 16.5. The SMILES string of the molecule is CC(C#Cc1cc(S(=O)(=O)N2CCC(Nc3ncc(OC(F)F)cn3)CC2)ccc1C#N)N1CCC2(CCC(c3ccc4c(N5CCC(=O)NC5=O)nn(C)c4c3)CC2)CC1. The monoisotopic (exact) mass is 854 g/mol. The summed E-state index contributed by atoms with van der Waals surface area (Å²) in [6.07, 6.45) is 10.1. The van der Waals surface area contributed by atoms with E-state index >= 15 is 0 Å². The summed E-state index contributed by atoms with van der Waals surface area (Å²) in [4.78, 5) is 36.2. The number of fused-ring (bicyclic) bond motifs is 1. The molecule has 1 saturated carbocycles. The highest BCUT2D eigenvalue weighted by Gasteiger charge is 2.39. The van der Waals surface area contributed by atoms with Crippen LogP contribution in [-0.4, -0.2) is 101 Å². The number of carbonyl (C=O) groups is 2. The number of halogens is 2. The highest BCUT2D eigenvalue weighted by Crippen LogP contribution is 2.49. The van der Waals surface area contributed by atoms with E-state index in [4.69, 9.17) is 0 Å². The van der Waals surface area contributed by atoms with Gasteiger partial charge in [-0.2, -0.15) is 23.4 Å². The van der Waals surface area contributed by atoms with Crippen molar-refractivity contribution in [2.24, 2.45) is 12.5 Å². The van der Waals surface area contributed by atoms with Crippen LogP contribution in [0, 0.1) is 28.6 Å². The van der Waals surface area contributed by atoms with Gasteiger partial charge in [0.15, 0.2) is 11.6 Å². The molecule has 0 bridgehead atoms. The number of aromatic nitrogens is 4. The number of anilines is 2. The second kappa shape index (κ2) is 17.4.